The standard InChI is InChI=1S/C4H5NOS/c6-3-4-5-1-2-7-4/h1-3,5-6H/b4-3-. The molecule has 1 heterocycles. The zero-order valence-electron chi connectivity index (χ0n) is 3.59. The molecule has 0 spiro atoms. The summed E-state index contributed by atoms with van der Waals surface area (Å²) in [4.78, 5) is 0. The van der Waals surface area contributed by atoms with Gasteiger partial charge in [-0.3, -0.25) is 0 Å². The summed E-state index contributed by atoms with van der Waals surface area (Å²) in [6.07, 6.45) is 2.82. The van der Waals surface area contributed by atoms with Crippen LogP contribution in [0.3, 0.4) is 0 Å². The lowest BCUT2D eigenvalue weighted by atomic mass is 10.9. The van der Waals surface area contributed by atoms with Gasteiger partial charge in [0, 0.05) is 6.20 Å². The molecule has 1 aliphatic rings. The van der Waals surface area contributed by atoms with E-state index < -0.39 is 0 Å². The summed E-state index contributed by atoms with van der Waals surface area (Å²) in [5, 5.41) is 13.7. The third-order valence-electron chi connectivity index (χ3n) is 0.606. The smallest absolute Gasteiger partial charge is 0.111 e. The first-order chi connectivity index (χ1) is 3.43. The van der Waals surface area contributed by atoms with E-state index in [9.17, 15) is 0 Å². The normalized spacial score (nSPS) is 23.1. The van der Waals surface area contributed by atoms with E-state index in [0.717, 1.165) is 11.3 Å². The molecule has 1 rings (SSSR count). The number of thioether (sulfide) groups is 1. The van der Waals surface area contributed by atoms with E-state index in [1.807, 2.05) is 5.41 Å². The molecule has 0 aromatic carbocycles. The van der Waals surface area contributed by atoms with Crippen molar-refractivity contribution < 1.29 is 5.11 Å². The maximum Gasteiger partial charge on any atom is 0.111 e. The molecule has 0 saturated carbocycles. The molecule has 38 valence electrons. The molecule has 0 saturated heterocycles. The molecule has 0 radical (unpaired) electrons. The third kappa shape index (κ3) is 0.899. The van der Waals surface area contributed by atoms with Crippen LogP contribution in [0.15, 0.2) is 22.9 Å². The molecule has 0 aromatic rings. The summed E-state index contributed by atoms with van der Waals surface area (Å²) < 4.78 is 0. The summed E-state index contributed by atoms with van der Waals surface area (Å²) in [5.74, 6) is 0. The van der Waals surface area contributed by atoms with Crippen LogP contribution in [0.5, 0.6) is 0 Å². The first-order valence-corrected chi connectivity index (χ1v) is 2.74. The summed E-state index contributed by atoms with van der Waals surface area (Å²) in [6, 6.07) is 0. The molecule has 0 aliphatic carbocycles. The van der Waals surface area contributed by atoms with Crippen LogP contribution in [-0.4, -0.2) is 5.11 Å². The third-order valence-corrected chi connectivity index (χ3v) is 1.36. The highest BCUT2D eigenvalue weighted by Gasteiger charge is 1.95. The fourth-order valence-corrected chi connectivity index (χ4v) is 0.805. The first kappa shape index (κ1) is 4.59. The zero-order valence-corrected chi connectivity index (χ0v) is 4.40. The van der Waals surface area contributed by atoms with Crippen LogP contribution < -0.4 is 5.32 Å². The SMILES string of the molecule is O/C=C1/NC=CS1. The second-order valence-corrected chi connectivity index (χ2v) is 2.01. The molecule has 0 fully saturated rings. The highest BCUT2D eigenvalue weighted by Crippen LogP contribution is 2.17. The number of rotatable bonds is 0. The second kappa shape index (κ2) is 1.93. The Morgan fingerprint density at radius 3 is 3.00 bits per heavy atom. The molecule has 0 amide bonds. The Hall–Kier alpha value is -0.570. The van der Waals surface area contributed by atoms with Crippen LogP contribution in [0.1, 0.15) is 0 Å². The van der Waals surface area contributed by atoms with Crippen LogP contribution in [0, 0.1) is 0 Å². The average Bonchev–Trinajstić information content (AvgIpc) is 2.14. The number of nitrogens with one attached hydrogen (secondary N) is 1. The molecule has 7 heavy (non-hydrogen) atoms. The van der Waals surface area contributed by atoms with Crippen molar-refractivity contribution in [3.8, 4) is 0 Å². The Kier molecular flexibility index (Phi) is 1.26. The van der Waals surface area contributed by atoms with Gasteiger partial charge in [0.05, 0.1) is 0 Å². The molecule has 1 aliphatic heterocycles. The Labute approximate surface area is 45.9 Å². The predicted octanol–water partition coefficient (Wildman–Crippen LogP) is 1.15. The van der Waals surface area contributed by atoms with Gasteiger partial charge in [-0.2, -0.15) is 0 Å². The van der Waals surface area contributed by atoms with E-state index in [2.05, 4.69) is 5.32 Å². The minimum absolute atomic E-state index is 0.778. The number of hydrogen-bond donors (Lipinski definition) is 2. The Morgan fingerprint density at radius 2 is 2.71 bits per heavy atom. The highest BCUT2D eigenvalue weighted by atomic mass is 32.2. The fourth-order valence-electron chi connectivity index (χ4n) is 0.325. The molecule has 0 unspecified atom stereocenters. The van der Waals surface area contributed by atoms with Gasteiger partial charge in [-0.25, -0.2) is 0 Å². The van der Waals surface area contributed by atoms with Gasteiger partial charge in [0.2, 0.25) is 0 Å². The summed E-state index contributed by atoms with van der Waals surface area (Å²) in [6.45, 7) is 0. The molecule has 3 heteroatoms. The van der Waals surface area contributed by atoms with Gasteiger partial charge in [-0.15, -0.1) is 0 Å². The molecule has 2 nitrogen and oxygen atoms in total. The minimum atomic E-state index is 0.778. The highest BCUT2D eigenvalue weighted by molar-refractivity contribution is 8.06. The summed E-state index contributed by atoms with van der Waals surface area (Å²) >= 11 is 1.46. The minimum Gasteiger partial charge on any atom is -0.513 e. The van der Waals surface area contributed by atoms with Crippen molar-refractivity contribution in [3.05, 3.63) is 22.9 Å². The Bertz CT molecular complexity index is 109. The van der Waals surface area contributed by atoms with E-state index in [-0.39, 0.29) is 0 Å². The van der Waals surface area contributed by atoms with E-state index >= 15 is 0 Å². The van der Waals surface area contributed by atoms with Gasteiger partial charge in [0.1, 0.15) is 11.3 Å². The van der Waals surface area contributed by atoms with Crippen LogP contribution in [0.4, 0.5) is 0 Å². The molecule has 0 bridgehead atoms. The van der Waals surface area contributed by atoms with Gasteiger partial charge in [-0.1, -0.05) is 11.8 Å². The fraction of sp³-hybridized carbons (Fsp3) is 0. The van der Waals surface area contributed by atoms with Crippen LogP contribution in [0.25, 0.3) is 0 Å². The van der Waals surface area contributed by atoms with Crippen molar-refractivity contribution in [2.75, 3.05) is 0 Å². The van der Waals surface area contributed by atoms with E-state index in [1.54, 1.807) is 6.20 Å². The summed E-state index contributed by atoms with van der Waals surface area (Å²) in [5.41, 5.74) is 0. The van der Waals surface area contributed by atoms with Crippen LogP contribution in [-0.2, 0) is 0 Å². The molecular weight excluding hydrogens is 110 g/mol. The van der Waals surface area contributed by atoms with E-state index in [0.29, 0.717) is 0 Å². The van der Waals surface area contributed by atoms with Crippen molar-refractivity contribution in [3.63, 3.8) is 0 Å². The number of aliphatic hydroxyl groups is 1. The van der Waals surface area contributed by atoms with E-state index in [1.165, 1.54) is 11.8 Å². The Balaban J connectivity index is 2.51. The van der Waals surface area contributed by atoms with Gasteiger partial charge >= 0.3 is 0 Å². The maximum atomic E-state index is 8.28. The quantitative estimate of drug-likeness (QED) is 0.464. The van der Waals surface area contributed by atoms with Crippen molar-refractivity contribution >= 4 is 11.8 Å². The lowest BCUT2D eigenvalue weighted by Gasteiger charge is -1.88. The molecule has 0 aromatic heterocycles. The monoisotopic (exact) mass is 115 g/mol. The average molecular weight is 115 g/mol. The second-order valence-electron chi connectivity index (χ2n) is 1.06. The van der Waals surface area contributed by atoms with Crippen LogP contribution >= 0.6 is 11.8 Å². The van der Waals surface area contributed by atoms with E-state index in [4.69, 9.17) is 5.11 Å². The van der Waals surface area contributed by atoms with Gasteiger partial charge < -0.3 is 10.4 Å². The number of aliphatic hydroxyl groups excluding tert-OH is 1. The topological polar surface area (TPSA) is 32.3 Å². The number of hydrogen-bond acceptors (Lipinski definition) is 3. The van der Waals surface area contributed by atoms with Gasteiger partial charge in [-0.05, 0) is 5.41 Å². The zero-order chi connectivity index (χ0) is 5.11. The Morgan fingerprint density at radius 1 is 1.86 bits per heavy atom. The maximum absolute atomic E-state index is 8.28. The van der Waals surface area contributed by atoms with Gasteiger partial charge in [0.25, 0.3) is 0 Å². The lowest BCUT2D eigenvalue weighted by molar-refractivity contribution is 0.469. The first-order valence-electron chi connectivity index (χ1n) is 1.86. The largest absolute Gasteiger partial charge is 0.513 e. The van der Waals surface area contributed by atoms with Crippen LogP contribution in [0.2, 0.25) is 0 Å². The van der Waals surface area contributed by atoms with Crippen molar-refractivity contribution in [1.29, 1.82) is 0 Å². The summed E-state index contributed by atoms with van der Waals surface area (Å²) in [7, 11) is 0. The molecule has 0 atom stereocenters. The van der Waals surface area contributed by atoms with Gasteiger partial charge in [0.15, 0.2) is 0 Å². The van der Waals surface area contributed by atoms with Crippen molar-refractivity contribution in [2.45, 2.75) is 0 Å². The van der Waals surface area contributed by atoms with Crippen molar-refractivity contribution in [1.82, 2.24) is 5.32 Å². The predicted molar refractivity (Wildman–Crippen MR) is 30.6 cm³/mol. The lowest BCUT2D eigenvalue weighted by Crippen LogP contribution is -1.93. The molecular formula is C4H5NOS. The molecule has 2 N–H and O–H groups in total. The van der Waals surface area contributed by atoms with Crippen molar-refractivity contribution in [2.24, 2.45) is 0 Å².